The SMILES string of the molecule is CCOC(=O)c1csc(C(Cc2cccc(/C=N\N)c2)NC(=O)c2ccc(-c3ccccc3S(N)(=O)=O)cc2)n1.O=C(O)C(F)(F)F. The molecular weight excluding hydrogens is 663 g/mol. The predicted octanol–water partition coefficient (Wildman–Crippen LogP) is 4.27. The van der Waals surface area contributed by atoms with Crippen LogP contribution in [-0.4, -0.2) is 55.4 Å². The van der Waals surface area contributed by atoms with Crippen LogP contribution in [0.5, 0.6) is 0 Å². The van der Waals surface area contributed by atoms with E-state index in [2.05, 4.69) is 15.4 Å². The number of primary sulfonamides is 1. The third-order valence-electron chi connectivity index (χ3n) is 6.12. The lowest BCUT2D eigenvalue weighted by atomic mass is 10.0. The van der Waals surface area contributed by atoms with Gasteiger partial charge in [0.2, 0.25) is 10.0 Å². The third-order valence-corrected chi connectivity index (χ3v) is 8.05. The number of hydrogen-bond acceptors (Lipinski definition) is 10. The highest BCUT2D eigenvalue weighted by molar-refractivity contribution is 7.89. The number of nitrogens with two attached hydrogens (primary N) is 2. The maximum Gasteiger partial charge on any atom is 0.490 e. The van der Waals surface area contributed by atoms with Crippen molar-refractivity contribution < 1.29 is 45.8 Å². The number of hydrazone groups is 1. The van der Waals surface area contributed by atoms with Gasteiger partial charge in [0.25, 0.3) is 5.91 Å². The Balaban J connectivity index is 0.000000771. The number of amides is 1. The van der Waals surface area contributed by atoms with Crippen molar-refractivity contribution in [1.29, 1.82) is 0 Å². The van der Waals surface area contributed by atoms with E-state index in [9.17, 15) is 31.2 Å². The molecule has 0 bridgehead atoms. The van der Waals surface area contributed by atoms with E-state index in [1.54, 1.807) is 54.8 Å². The van der Waals surface area contributed by atoms with Gasteiger partial charge in [-0.15, -0.1) is 11.3 Å². The second-order valence-corrected chi connectivity index (χ2v) is 11.9. The molecule has 6 N–H and O–H groups in total. The van der Waals surface area contributed by atoms with Crippen LogP contribution in [0.3, 0.4) is 0 Å². The second-order valence-electron chi connectivity index (χ2n) is 9.47. The topological polar surface area (TPSA) is 204 Å². The van der Waals surface area contributed by atoms with Crippen LogP contribution in [0.2, 0.25) is 0 Å². The number of thiazole rings is 1. The number of halogens is 3. The van der Waals surface area contributed by atoms with Crippen LogP contribution in [0.25, 0.3) is 11.1 Å². The fourth-order valence-corrected chi connectivity index (χ4v) is 5.66. The summed E-state index contributed by atoms with van der Waals surface area (Å²) in [5.74, 6) is 1.63. The molecule has 1 heterocycles. The molecule has 3 aromatic carbocycles. The number of carboxylic acids is 1. The number of aromatic nitrogens is 1. The van der Waals surface area contributed by atoms with Gasteiger partial charge in [-0.25, -0.2) is 28.1 Å². The summed E-state index contributed by atoms with van der Waals surface area (Å²) in [6.45, 7) is 1.93. The van der Waals surface area contributed by atoms with E-state index in [1.807, 2.05) is 24.3 Å². The Labute approximate surface area is 270 Å². The minimum absolute atomic E-state index is 0.00431. The van der Waals surface area contributed by atoms with Crippen LogP contribution < -0.4 is 16.3 Å². The van der Waals surface area contributed by atoms with Crippen molar-refractivity contribution in [2.24, 2.45) is 16.1 Å². The molecule has 0 saturated heterocycles. The van der Waals surface area contributed by atoms with E-state index >= 15 is 0 Å². The summed E-state index contributed by atoms with van der Waals surface area (Å²) in [4.78, 5) is 38.8. The summed E-state index contributed by atoms with van der Waals surface area (Å²) >= 11 is 1.24. The molecule has 1 amide bonds. The molecule has 4 rings (SSSR count). The molecule has 0 radical (unpaired) electrons. The molecule has 17 heteroatoms. The fraction of sp³-hybridized carbons (Fsp3) is 0.167. The summed E-state index contributed by atoms with van der Waals surface area (Å²) in [7, 11) is -3.93. The standard InChI is InChI=1S/C28H27N5O5S2.C2HF3O2/c1-2-38-28(35)24-17-39-27(33-24)23(15-18-6-5-7-19(14-18)16-31-29)32-26(34)21-12-10-20(11-13-21)22-8-3-4-9-25(22)40(30,36)37;3-2(4,5)1(6)7/h3-14,16-17,23H,2,15,29H2,1H3,(H,32,34)(H2,30,36,37);(H,6,7)/b31-16-;. The number of nitrogens with zero attached hydrogens (tertiary/aromatic N) is 2. The Morgan fingerprint density at radius 1 is 1.09 bits per heavy atom. The van der Waals surface area contributed by atoms with E-state index in [-0.39, 0.29) is 23.1 Å². The molecule has 1 aromatic heterocycles. The van der Waals surface area contributed by atoms with Crippen LogP contribution in [0.15, 0.2) is 88.2 Å². The summed E-state index contributed by atoms with van der Waals surface area (Å²) in [5.41, 5.74) is 3.24. The van der Waals surface area contributed by atoms with Gasteiger partial charge in [0.05, 0.1) is 23.8 Å². The molecule has 0 saturated carbocycles. The van der Waals surface area contributed by atoms with E-state index in [0.717, 1.165) is 11.1 Å². The molecule has 0 aliphatic carbocycles. The summed E-state index contributed by atoms with van der Waals surface area (Å²) < 4.78 is 60.8. The Bertz CT molecular complexity index is 1860. The lowest BCUT2D eigenvalue weighted by molar-refractivity contribution is -0.192. The first-order chi connectivity index (χ1) is 22.1. The highest BCUT2D eigenvalue weighted by Crippen LogP contribution is 2.28. The minimum atomic E-state index is -5.08. The summed E-state index contributed by atoms with van der Waals surface area (Å²) in [6.07, 6.45) is -3.18. The smallest absolute Gasteiger partial charge is 0.475 e. The highest BCUT2D eigenvalue weighted by Gasteiger charge is 2.38. The normalized spacial score (nSPS) is 12.1. The van der Waals surface area contributed by atoms with E-state index < -0.39 is 34.2 Å². The molecule has 248 valence electrons. The lowest BCUT2D eigenvalue weighted by Gasteiger charge is -2.17. The number of carbonyl (C=O) groups excluding carboxylic acids is 2. The maximum atomic E-state index is 13.3. The monoisotopic (exact) mass is 691 g/mol. The van der Waals surface area contributed by atoms with E-state index in [4.69, 9.17) is 25.6 Å². The molecule has 47 heavy (non-hydrogen) atoms. The zero-order chi connectivity index (χ0) is 34.8. The Kier molecular flexibility index (Phi) is 12.3. The first-order valence-corrected chi connectivity index (χ1v) is 15.8. The van der Waals surface area contributed by atoms with Crippen molar-refractivity contribution in [2.45, 2.75) is 30.5 Å². The Morgan fingerprint density at radius 2 is 1.74 bits per heavy atom. The van der Waals surface area contributed by atoms with Gasteiger partial charge < -0.3 is 21.0 Å². The van der Waals surface area contributed by atoms with E-state index in [1.165, 1.54) is 23.6 Å². The first kappa shape index (κ1) is 36.3. The third kappa shape index (κ3) is 10.5. The molecule has 0 fully saturated rings. The molecule has 0 spiro atoms. The maximum absolute atomic E-state index is 13.3. The average molecular weight is 692 g/mol. The quantitative estimate of drug-likeness (QED) is 0.0810. The number of alkyl halides is 3. The van der Waals surface area contributed by atoms with Crippen molar-refractivity contribution in [1.82, 2.24) is 10.3 Å². The number of carbonyl (C=O) groups is 3. The zero-order valence-corrected chi connectivity index (χ0v) is 26.1. The van der Waals surface area contributed by atoms with Crippen molar-refractivity contribution >= 4 is 45.4 Å². The minimum Gasteiger partial charge on any atom is -0.475 e. The Morgan fingerprint density at radius 3 is 2.34 bits per heavy atom. The fourth-order valence-electron chi connectivity index (χ4n) is 4.06. The number of nitrogens with one attached hydrogen (secondary N) is 1. The molecule has 1 unspecified atom stereocenters. The largest absolute Gasteiger partial charge is 0.490 e. The van der Waals surface area contributed by atoms with Crippen molar-refractivity contribution in [3.63, 3.8) is 0 Å². The van der Waals surface area contributed by atoms with Gasteiger partial charge in [0, 0.05) is 16.5 Å². The average Bonchev–Trinajstić information content (AvgIpc) is 3.52. The number of benzene rings is 3. The first-order valence-electron chi connectivity index (χ1n) is 13.4. The van der Waals surface area contributed by atoms with Crippen molar-refractivity contribution in [3.05, 3.63) is 106 Å². The van der Waals surface area contributed by atoms with Crippen LogP contribution in [0.4, 0.5) is 13.2 Å². The number of sulfonamides is 1. The highest BCUT2D eigenvalue weighted by atomic mass is 32.2. The summed E-state index contributed by atoms with van der Waals surface area (Å²) in [6, 6.07) is 19.9. The number of esters is 1. The molecule has 0 aliphatic rings. The Hall–Kier alpha value is -5.13. The van der Waals surface area contributed by atoms with Crippen LogP contribution in [-0.2, 0) is 26.0 Å². The van der Waals surface area contributed by atoms with Crippen molar-refractivity contribution in [2.75, 3.05) is 6.61 Å². The van der Waals surface area contributed by atoms with Gasteiger partial charge in [-0.1, -0.05) is 54.6 Å². The van der Waals surface area contributed by atoms with Crippen molar-refractivity contribution in [3.8, 4) is 11.1 Å². The molecule has 12 nitrogen and oxygen atoms in total. The second kappa shape index (κ2) is 15.9. The number of ether oxygens (including phenoxy) is 1. The number of carboxylic acid groups (broad SMARTS) is 1. The van der Waals surface area contributed by atoms with Gasteiger partial charge in [0.1, 0.15) is 5.01 Å². The van der Waals surface area contributed by atoms with Crippen LogP contribution in [0, 0.1) is 0 Å². The van der Waals surface area contributed by atoms with Gasteiger partial charge >= 0.3 is 18.1 Å². The van der Waals surface area contributed by atoms with Gasteiger partial charge in [-0.2, -0.15) is 18.3 Å². The molecule has 4 aromatic rings. The molecular formula is C30H28F3N5O7S2. The van der Waals surface area contributed by atoms with Crippen LogP contribution in [0.1, 0.15) is 49.9 Å². The molecule has 0 aliphatic heterocycles. The van der Waals surface area contributed by atoms with Gasteiger partial charge in [-0.05, 0) is 48.2 Å². The van der Waals surface area contributed by atoms with E-state index in [0.29, 0.717) is 28.1 Å². The van der Waals surface area contributed by atoms with Gasteiger partial charge in [0.15, 0.2) is 5.69 Å². The van der Waals surface area contributed by atoms with Gasteiger partial charge in [-0.3, -0.25) is 4.79 Å². The zero-order valence-electron chi connectivity index (χ0n) is 24.5. The number of aliphatic carboxylic acids is 1. The molecule has 1 atom stereocenters. The van der Waals surface area contributed by atoms with Crippen LogP contribution >= 0.6 is 11.3 Å². The number of hydrogen-bond donors (Lipinski definition) is 4. The predicted molar refractivity (Wildman–Crippen MR) is 167 cm³/mol. The number of rotatable bonds is 10. The summed E-state index contributed by atoms with van der Waals surface area (Å²) in [5, 5.41) is 21.2. The lowest BCUT2D eigenvalue weighted by Crippen LogP contribution is -2.30.